The van der Waals surface area contributed by atoms with Crippen molar-refractivity contribution in [3.05, 3.63) is 29.1 Å². The molecule has 1 atom stereocenters. The van der Waals surface area contributed by atoms with Crippen molar-refractivity contribution in [3.8, 4) is 5.75 Å². The summed E-state index contributed by atoms with van der Waals surface area (Å²) in [5, 5.41) is 9.08. The van der Waals surface area contributed by atoms with Gasteiger partial charge in [0, 0.05) is 17.7 Å². The van der Waals surface area contributed by atoms with Crippen LogP contribution in [0.3, 0.4) is 0 Å². The van der Waals surface area contributed by atoms with Gasteiger partial charge in [-0.15, -0.1) is 0 Å². The number of phenols is 1. The predicted molar refractivity (Wildman–Crippen MR) is 43.3 cm³/mol. The zero-order chi connectivity index (χ0) is 8.72. The first-order valence-electron chi connectivity index (χ1n) is 3.95. The smallest absolute Gasteiger partial charge is 0.131 e. The van der Waals surface area contributed by atoms with Crippen LogP contribution in [0.2, 0.25) is 0 Å². The Morgan fingerprint density at radius 1 is 1.50 bits per heavy atom. The standard InChI is InChI=1S/C9H10FNO/c10-7-4-6(12)3-5-1-2-8(11)9(5)7/h3-4,8,12H,1-2,11H2/t8-/m1/s1. The monoisotopic (exact) mass is 167 g/mol. The molecule has 0 spiro atoms. The first-order valence-corrected chi connectivity index (χ1v) is 3.95. The van der Waals surface area contributed by atoms with Gasteiger partial charge in [0.25, 0.3) is 0 Å². The molecule has 0 unspecified atom stereocenters. The Labute approximate surface area is 69.8 Å². The van der Waals surface area contributed by atoms with E-state index in [0.29, 0.717) is 5.56 Å². The fraction of sp³-hybridized carbons (Fsp3) is 0.333. The van der Waals surface area contributed by atoms with Gasteiger partial charge in [-0.25, -0.2) is 4.39 Å². The molecular weight excluding hydrogens is 157 g/mol. The summed E-state index contributed by atoms with van der Waals surface area (Å²) in [7, 11) is 0. The van der Waals surface area contributed by atoms with Crippen LogP contribution in [0.25, 0.3) is 0 Å². The van der Waals surface area contributed by atoms with E-state index in [9.17, 15) is 4.39 Å². The number of hydrogen-bond acceptors (Lipinski definition) is 2. The lowest BCUT2D eigenvalue weighted by atomic mass is 10.1. The average molecular weight is 167 g/mol. The van der Waals surface area contributed by atoms with Gasteiger partial charge >= 0.3 is 0 Å². The Balaban J connectivity index is 2.60. The number of rotatable bonds is 0. The summed E-state index contributed by atoms with van der Waals surface area (Å²) >= 11 is 0. The molecule has 3 N–H and O–H groups in total. The fourth-order valence-electron chi connectivity index (χ4n) is 1.74. The quantitative estimate of drug-likeness (QED) is 0.614. The van der Waals surface area contributed by atoms with E-state index in [1.807, 2.05) is 0 Å². The Hall–Kier alpha value is -1.09. The summed E-state index contributed by atoms with van der Waals surface area (Å²) in [6.45, 7) is 0. The second kappa shape index (κ2) is 2.45. The second-order valence-electron chi connectivity index (χ2n) is 3.15. The van der Waals surface area contributed by atoms with Gasteiger partial charge in [0.2, 0.25) is 0 Å². The molecule has 0 aliphatic heterocycles. The zero-order valence-electron chi connectivity index (χ0n) is 6.55. The van der Waals surface area contributed by atoms with E-state index in [-0.39, 0.29) is 17.6 Å². The lowest BCUT2D eigenvalue weighted by molar-refractivity contribution is 0.467. The molecule has 1 aliphatic rings. The topological polar surface area (TPSA) is 46.2 Å². The third-order valence-electron chi connectivity index (χ3n) is 2.30. The number of aryl methyl sites for hydroxylation is 1. The van der Waals surface area contributed by atoms with Crippen molar-refractivity contribution in [1.82, 2.24) is 0 Å². The Morgan fingerprint density at radius 2 is 2.25 bits per heavy atom. The molecule has 12 heavy (non-hydrogen) atoms. The van der Waals surface area contributed by atoms with Gasteiger partial charge in [0.15, 0.2) is 0 Å². The van der Waals surface area contributed by atoms with Crippen molar-refractivity contribution >= 4 is 0 Å². The highest BCUT2D eigenvalue weighted by Gasteiger charge is 2.23. The molecule has 0 amide bonds. The summed E-state index contributed by atoms with van der Waals surface area (Å²) in [4.78, 5) is 0. The van der Waals surface area contributed by atoms with Crippen LogP contribution in [-0.2, 0) is 6.42 Å². The third kappa shape index (κ3) is 0.975. The lowest BCUT2D eigenvalue weighted by Crippen LogP contribution is -2.07. The number of fused-ring (bicyclic) bond motifs is 1. The SMILES string of the molecule is N[C@@H]1CCc2cc(O)cc(F)c21. The first kappa shape index (κ1) is 7.55. The molecule has 2 nitrogen and oxygen atoms in total. The van der Waals surface area contributed by atoms with E-state index in [4.69, 9.17) is 10.8 Å². The minimum atomic E-state index is -0.380. The van der Waals surface area contributed by atoms with E-state index in [2.05, 4.69) is 0 Å². The highest BCUT2D eigenvalue weighted by Crippen LogP contribution is 2.33. The van der Waals surface area contributed by atoms with E-state index in [0.717, 1.165) is 24.5 Å². The Morgan fingerprint density at radius 3 is 3.00 bits per heavy atom. The molecule has 1 aromatic rings. The van der Waals surface area contributed by atoms with Gasteiger partial charge < -0.3 is 10.8 Å². The molecule has 0 saturated carbocycles. The first-order chi connectivity index (χ1) is 5.68. The number of halogens is 1. The predicted octanol–water partition coefficient (Wildman–Crippen LogP) is 1.48. The van der Waals surface area contributed by atoms with Crippen LogP contribution in [0.5, 0.6) is 5.75 Å². The molecule has 0 saturated heterocycles. The molecule has 0 fully saturated rings. The molecule has 0 bridgehead atoms. The van der Waals surface area contributed by atoms with Crippen molar-refractivity contribution in [1.29, 1.82) is 0 Å². The van der Waals surface area contributed by atoms with Gasteiger partial charge in [-0.3, -0.25) is 0 Å². The summed E-state index contributed by atoms with van der Waals surface area (Å²) in [6, 6.07) is 2.51. The van der Waals surface area contributed by atoms with E-state index >= 15 is 0 Å². The highest BCUT2D eigenvalue weighted by atomic mass is 19.1. The molecule has 0 radical (unpaired) electrons. The summed E-state index contributed by atoms with van der Waals surface area (Å²) in [5.41, 5.74) is 7.10. The summed E-state index contributed by atoms with van der Waals surface area (Å²) < 4.78 is 13.2. The van der Waals surface area contributed by atoms with E-state index in [1.165, 1.54) is 0 Å². The second-order valence-corrected chi connectivity index (χ2v) is 3.15. The Bertz CT molecular complexity index is 325. The van der Waals surface area contributed by atoms with Crippen LogP contribution in [-0.4, -0.2) is 5.11 Å². The van der Waals surface area contributed by atoms with Gasteiger partial charge in [0.05, 0.1) is 0 Å². The number of nitrogens with two attached hydrogens (primary N) is 1. The maximum Gasteiger partial charge on any atom is 0.131 e. The number of phenolic OH excluding ortho intramolecular Hbond substituents is 1. The van der Waals surface area contributed by atoms with Crippen molar-refractivity contribution < 1.29 is 9.50 Å². The van der Waals surface area contributed by atoms with Crippen LogP contribution in [0, 0.1) is 5.82 Å². The maximum absolute atomic E-state index is 13.2. The highest BCUT2D eigenvalue weighted by molar-refractivity contribution is 5.40. The molecule has 0 heterocycles. The van der Waals surface area contributed by atoms with Crippen molar-refractivity contribution in [2.75, 3.05) is 0 Å². The van der Waals surface area contributed by atoms with Gasteiger partial charge in [-0.2, -0.15) is 0 Å². The van der Waals surface area contributed by atoms with Crippen LogP contribution in [0.4, 0.5) is 4.39 Å². The van der Waals surface area contributed by atoms with Crippen molar-refractivity contribution in [2.45, 2.75) is 18.9 Å². The van der Waals surface area contributed by atoms with Gasteiger partial charge in [-0.1, -0.05) is 0 Å². The largest absolute Gasteiger partial charge is 0.508 e. The summed E-state index contributed by atoms with van der Waals surface area (Å²) in [5.74, 6) is -0.393. The molecule has 0 aromatic heterocycles. The minimum Gasteiger partial charge on any atom is -0.508 e. The van der Waals surface area contributed by atoms with E-state index in [1.54, 1.807) is 6.07 Å². The van der Waals surface area contributed by atoms with Crippen LogP contribution >= 0.6 is 0 Å². The molecule has 2 rings (SSSR count). The number of hydrogen-bond donors (Lipinski definition) is 2. The third-order valence-corrected chi connectivity index (χ3v) is 2.30. The van der Waals surface area contributed by atoms with Crippen LogP contribution in [0.15, 0.2) is 12.1 Å². The van der Waals surface area contributed by atoms with Gasteiger partial charge in [-0.05, 0) is 24.5 Å². The van der Waals surface area contributed by atoms with Gasteiger partial charge in [0.1, 0.15) is 11.6 Å². The fourth-order valence-corrected chi connectivity index (χ4v) is 1.74. The van der Waals surface area contributed by atoms with Crippen molar-refractivity contribution in [2.24, 2.45) is 5.73 Å². The average Bonchev–Trinajstić information content (AvgIpc) is 2.31. The Kier molecular flexibility index (Phi) is 1.54. The van der Waals surface area contributed by atoms with Crippen molar-refractivity contribution in [3.63, 3.8) is 0 Å². The van der Waals surface area contributed by atoms with Crippen LogP contribution < -0.4 is 5.73 Å². The van der Waals surface area contributed by atoms with E-state index < -0.39 is 0 Å². The maximum atomic E-state index is 13.2. The minimum absolute atomic E-state index is 0.0136. The van der Waals surface area contributed by atoms with Crippen LogP contribution in [0.1, 0.15) is 23.6 Å². The lowest BCUT2D eigenvalue weighted by Gasteiger charge is -2.05. The molecule has 3 heteroatoms. The molecule has 1 aromatic carbocycles. The zero-order valence-corrected chi connectivity index (χ0v) is 6.55. The normalized spacial score (nSPS) is 21.0. The number of benzene rings is 1. The number of aromatic hydroxyl groups is 1. The summed E-state index contributed by atoms with van der Waals surface area (Å²) in [6.07, 6.45) is 1.54. The molecular formula is C9H10FNO. The molecule has 64 valence electrons. The molecule has 1 aliphatic carbocycles.